The van der Waals surface area contributed by atoms with E-state index in [-0.39, 0.29) is 11.4 Å². The van der Waals surface area contributed by atoms with Crippen LogP contribution in [0.25, 0.3) is 0 Å². The largest absolute Gasteiger partial charge is 0.478 e. The predicted octanol–water partition coefficient (Wildman–Crippen LogP) is 3.55. The number of ether oxygens (including phenoxy) is 1. The number of aromatic nitrogens is 1. The minimum Gasteiger partial charge on any atom is -0.478 e. The summed E-state index contributed by atoms with van der Waals surface area (Å²) in [5, 5.41) is 15.7. The molecule has 8 nitrogen and oxygen atoms in total. The lowest BCUT2D eigenvalue weighted by Crippen LogP contribution is -2.44. The second-order valence-electron chi connectivity index (χ2n) is 8.94. The summed E-state index contributed by atoms with van der Waals surface area (Å²) < 4.78 is 20.2. The van der Waals surface area contributed by atoms with Crippen molar-refractivity contribution in [2.45, 2.75) is 12.5 Å². The summed E-state index contributed by atoms with van der Waals surface area (Å²) >= 11 is 0. The first-order valence-electron chi connectivity index (χ1n) is 11.9. The fourth-order valence-electron chi connectivity index (χ4n) is 4.83. The third-order valence-electron chi connectivity index (χ3n) is 6.74. The molecule has 2 aromatic carbocycles. The maximum atomic E-state index is 14.5. The molecule has 1 amide bonds. The highest BCUT2D eigenvalue weighted by Crippen LogP contribution is 2.46. The Balaban J connectivity index is 1.60. The van der Waals surface area contributed by atoms with Crippen LogP contribution in [0.2, 0.25) is 0 Å². The summed E-state index contributed by atoms with van der Waals surface area (Å²) in [7, 11) is 2.12. The van der Waals surface area contributed by atoms with Gasteiger partial charge in [-0.15, -0.1) is 0 Å². The number of nitrogens with one attached hydrogen (secondary N) is 2. The molecule has 0 spiro atoms. The first kappa shape index (κ1) is 23.6. The van der Waals surface area contributed by atoms with Gasteiger partial charge < -0.3 is 25.2 Å². The van der Waals surface area contributed by atoms with E-state index < -0.39 is 17.3 Å². The number of fused-ring (bicyclic) bond motifs is 1. The Kier molecular flexibility index (Phi) is 6.20. The molecule has 1 saturated heterocycles. The highest BCUT2D eigenvalue weighted by molar-refractivity contribution is 6.10. The Labute approximate surface area is 209 Å². The quantitative estimate of drug-likeness (QED) is 0.550. The van der Waals surface area contributed by atoms with Crippen LogP contribution in [0.5, 0.6) is 5.88 Å². The van der Waals surface area contributed by atoms with Gasteiger partial charge in [-0.25, -0.2) is 9.37 Å². The average Bonchev–Trinajstić information content (AvgIpc) is 3.15. The fraction of sp³-hybridized carbons (Fsp3) is 0.296. The Morgan fingerprint density at radius 2 is 1.92 bits per heavy atom. The molecule has 3 aromatic rings. The van der Waals surface area contributed by atoms with Crippen molar-refractivity contribution in [2.75, 3.05) is 55.4 Å². The summed E-state index contributed by atoms with van der Waals surface area (Å²) in [4.78, 5) is 22.7. The van der Waals surface area contributed by atoms with Gasteiger partial charge in [-0.3, -0.25) is 4.79 Å². The van der Waals surface area contributed by atoms with E-state index in [4.69, 9.17) is 4.74 Å². The Hall–Kier alpha value is -4.16. The van der Waals surface area contributed by atoms with E-state index in [0.29, 0.717) is 29.1 Å². The van der Waals surface area contributed by atoms with E-state index in [2.05, 4.69) is 32.5 Å². The molecule has 3 heterocycles. The topological polar surface area (TPSA) is 93.5 Å². The van der Waals surface area contributed by atoms with Crippen LogP contribution in [0.1, 0.15) is 23.6 Å². The number of hydrogen-bond acceptors (Lipinski definition) is 7. The van der Waals surface area contributed by atoms with Crippen molar-refractivity contribution in [3.63, 3.8) is 0 Å². The maximum absolute atomic E-state index is 14.5. The molecule has 1 fully saturated rings. The first-order chi connectivity index (χ1) is 17.5. The number of anilines is 3. The lowest BCUT2D eigenvalue weighted by atomic mass is 9.83. The summed E-state index contributed by atoms with van der Waals surface area (Å²) in [6, 6.07) is 15.8. The SMILES string of the molecule is CCOc1ncccc1C1(Nc2ccc(N3CCN(C)CC3)cc2)C(=O)Nc2cc(F)c(C#N)cc21. The molecule has 0 aliphatic carbocycles. The van der Waals surface area contributed by atoms with Crippen molar-refractivity contribution in [3.8, 4) is 11.9 Å². The van der Waals surface area contributed by atoms with Crippen LogP contribution >= 0.6 is 0 Å². The van der Waals surface area contributed by atoms with Crippen molar-refractivity contribution in [1.82, 2.24) is 9.88 Å². The summed E-state index contributed by atoms with van der Waals surface area (Å²) in [5.74, 6) is -0.823. The van der Waals surface area contributed by atoms with Crippen molar-refractivity contribution in [3.05, 3.63) is 77.2 Å². The van der Waals surface area contributed by atoms with E-state index >= 15 is 0 Å². The number of nitriles is 1. The number of piperazine rings is 1. The normalized spacial score (nSPS) is 19.4. The molecule has 184 valence electrons. The van der Waals surface area contributed by atoms with Crippen molar-refractivity contribution >= 4 is 23.0 Å². The molecule has 1 unspecified atom stereocenters. The van der Waals surface area contributed by atoms with Crippen molar-refractivity contribution < 1.29 is 13.9 Å². The molecular formula is C27H27FN6O2. The highest BCUT2D eigenvalue weighted by Gasteiger charge is 2.51. The third kappa shape index (κ3) is 3.99. The van der Waals surface area contributed by atoms with E-state index in [1.54, 1.807) is 18.3 Å². The van der Waals surface area contributed by atoms with E-state index in [1.165, 1.54) is 12.1 Å². The van der Waals surface area contributed by atoms with Gasteiger partial charge in [0.15, 0.2) is 5.54 Å². The zero-order valence-electron chi connectivity index (χ0n) is 20.2. The van der Waals surface area contributed by atoms with Gasteiger partial charge in [0, 0.05) is 49.3 Å². The van der Waals surface area contributed by atoms with E-state index in [0.717, 1.165) is 31.9 Å². The zero-order valence-corrected chi connectivity index (χ0v) is 20.2. The number of likely N-dealkylation sites (N-methyl/N-ethyl adjacent to an activating group) is 1. The number of hydrogen-bond donors (Lipinski definition) is 2. The van der Waals surface area contributed by atoms with Gasteiger partial charge in [0.1, 0.15) is 11.9 Å². The van der Waals surface area contributed by atoms with Crippen LogP contribution in [0.4, 0.5) is 21.5 Å². The number of rotatable bonds is 6. The van der Waals surface area contributed by atoms with Crippen LogP contribution in [-0.4, -0.2) is 55.6 Å². The Morgan fingerprint density at radius 3 is 2.61 bits per heavy atom. The van der Waals surface area contributed by atoms with Gasteiger partial charge in [0.2, 0.25) is 5.88 Å². The Bertz CT molecular complexity index is 1330. The summed E-state index contributed by atoms with van der Waals surface area (Å²) in [6.45, 7) is 6.07. The smallest absolute Gasteiger partial charge is 0.259 e. The van der Waals surface area contributed by atoms with E-state index in [9.17, 15) is 14.4 Å². The predicted molar refractivity (Wildman–Crippen MR) is 136 cm³/mol. The molecule has 9 heteroatoms. The maximum Gasteiger partial charge on any atom is 0.259 e. The molecule has 2 aliphatic rings. The summed E-state index contributed by atoms with van der Waals surface area (Å²) in [5.41, 5.74) is 1.36. The van der Waals surface area contributed by atoms with Gasteiger partial charge in [-0.1, -0.05) is 0 Å². The lowest BCUT2D eigenvalue weighted by Gasteiger charge is -2.34. The van der Waals surface area contributed by atoms with Gasteiger partial charge in [0.05, 0.1) is 23.4 Å². The number of amides is 1. The number of nitrogens with zero attached hydrogens (tertiary/aromatic N) is 4. The first-order valence-corrected chi connectivity index (χ1v) is 11.9. The molecule has 2 N–H and O–H groups in total. The molecule has 36 heavy (non-hydrogen) atoms. The molecule has 2 aliphatic heterocycles. The number of carbonyl (C=O) groups is 1. The number of pyridine rings is 1. The van der Waals surface area contributed by atoms with Crippen molar-refractivity contribution in [1.29, 1.82) is 5.26 Å². The third-order valence-corrected chi connectivity index (χ3v) is 6.74. The van der Waals surface area contributed by atoms with Crippen LogP contribution in [0, 0.1) is 17.1 Å². The number of carbonyl (C=O) groups excluding carboxylic acids is 1. The van der Waals surface area contributed by atoms with Gasteiger partial charge in [-0.05, 0) is 62.5 Å². The Morgan fingerprint density at radius 1 is 1.17 bits per heavy atom. The van der Waals surface area contributed by atoms with Gasteiger partial charge >= 0.3 is 0 Å². The fourth-order valence-corrected chi connectivity index (χ4v) is 4.83. The minimum atomic E-state index is -1.48. The molecule has 1 aromatic heterocycles. The molecule has 0 radical (unpaired) electrons. The van der Waals surface area contributed by atoms with Gasteiger partial charge in [-0.2, -0.15) is 5.26 Å². The number of halogens is 1. The molecule has 0 saturated carbocycles. The zero-order chi connectivity index (χ0) is 25.3. The van der Waals surface area contributed by atoms with Crippen LogP contribution < -0.4 is 20.3 Å². The summed E-state index contributed by atoms with van der Waals surface area (Å²) in [6.07, 6.45) is 1.59. The minimum absolute atomic E-state index is 0.149. The molecule has 1 atom stereocenters. The van der Waals surface area contributed by atoms with Crippen LogP contribution in [0.15, 0.2) is 54.7 Å². The van der Waals surface area contributed by atoms with E-state index in [1.807, 2.05) is 37.3 Å². The van der Waals surface area contributed by atoms with Crippen molar-refractivity contribution in [2.24, 2.45) is 0 Å². The van der Waals surface area contributed by atoms with Gasteiger partial charge in [0.25, 0.3) is 5.91 Å². The lowest BCUT2D eigenvalue weighted by molar-refractivity contribution is -0.118. The monoisotopic (exact) mass is 486 g/mol. The second-order valence-corrected chi connectivity index (χ2v) is 8.94. The van der Waals surface area contributed by atoms with Crippen LogP contribution in [-0.2, 0) is 10.3 Å². The number of benzene rings is 2. The standard InChI is InChI=1S/C27H27FN6O2/c1-3-36-25-21(5-4-10-30-25)27(22-15-18(17-29)23(28)16-24(22)31-26(27)35)32-19-6-8-20(9-7-19)34-13-11-33(2)12-14-34/h4-10,15-16,32H,3,11-14H2,1-2H3,(H,31,35). The molecule has 5 rings (SSSR count). The highest BCUT2D eigenvalue weighted by atomic mass is 19.1. The average molecular weight is 487 g/mol. The van der Waals surface area contributed by atoms with Crippen LogP contribution in [0.3, 0.4) is 0 Å². The molecular weight excluding hydrogens is 459 g/mol. The second kappa shape index (κ2) is 9.47. The molecule has 0 bridgehead atoms.